The molecular weight excluding hydrogens is 626 g/mol. The summed E-state index contributed by atoms with van der Waals surface area (Å²) < 4.78 is 17.4. The lowest BCUT2D eigenvalue weighted by Gasteiger charge is -2.46. The first-order chi connectivity index (χ1) is 23.5. The van der Waals surface area contributed by atoms with Crippen molar-refractivity contribution >= 4 is 41.0 Å². The molecule has 264 valence electrons. The Kier molecular flexibility index (Phi) is 10.0. The average molecular weight is 676 g/mol. The van der Waals surface area contributed by atoms with Crippen LogP contribution >= 0.6 is 0 Å². The highest BCUT2D eigenvalue weighted by Gasteiger charge is 2.43. The summed E-state index contributed by atoms with van der Waals surface area (Å²) in [6.45, 7) is 9.77. The van der Waals surface area contributed by atoms with Crippen LogP contribution in [0.1, 0.15) is 81.6 Å². The molecule has 6 rings (SSSR count). The summed E-state index contributed by atoms with van der Waals surface area (Å²) in [5.74, 6) is 0.789. The van der Waals surface area contributed by atoms with Crippen molar-refractivity contribution in [2.75, 3.05) is 42.9 Å². The number of nitrogens with zero attached hydrogens (tertiary/aromatic N) is 5. The number of fused-ring (bicyclic) bond motifs is 2. The molecule has 2 aliphatic carbocycles. The number of amides is 1. The molecule has 49 heavy (non-hydrogen) atoms. The SMILES string of the molecule is C=C1[C@@H](CC)N(C2CCCC2)c2nc(Nc3ccc(C(=O)N[C@@H]4C[C@@H](OC(C)=O)[C@H](N(C)C)C[C@H]4OC(C)=O)c4c3OCC4)ncc2N1C. The number of ether oxygens (including phenoxy) is 3. The molecule has 0 saturated heterocycles. The van der Waals surface area contributed by atoms with Crippen LogP contribution in [0.15, 0.2) is 30.6 Å². The van der Waals surface area contributed by atoms with Gasteiger partial charge in [-0.2, -0.15) is 4.98 Å². The van der Waals surface area contributed by atoms with E-state index in [9.17, 15) is 14.4 Å². The van der Waals surface area contributed by atoms with Crippen molar-refractivity contribution in [3.8, 4) is 5.75 Å². The second-order valence-corrected chi connectivity index (χ2v) is 13.8. The molecule has 2 saturated carbocycles. The van der Waals surface area contributed by atoms with Crippen LogP contribution in [0.2, 0.25) is 0 Å². The molecule has 0 bridgehead atoms. The lowest BCUT2D eigenvalue weighted by molar-refractivity contribution is -0.162. The minimum absolute atomic E-state index is 0.163. The van der Waals surface area contributed by atoms with E-state index in [1.165, 1.54) is 26.7 Å². The van der Waals surface area contributed by atoms with Gasteiger partial charge in [-0.15, -0.1) is 0 Å². The van der Waals surface area contributed by atoms with Crippen LogP contribution in [-0.2, 0) is 25.5 Å². The lowest BCUT2D eigenvalue weighted by Crippen LogP contribution is -2.58. The van der Waals surface area contributed by atoms with Gasteiger partial charge in [0.05, 0.1) is 30.6 Å². The van der Waals surface area contributed by atoms with Crippen molar-refractivity contribution in [2.24, 2.45) is 0 Å². The van der Waals surface area contributed by atoms with E-state index in [0.29, 0.717) is 54.9 Å². The highest BCUT2D eigenvalue weighted by atomic mass is 16.6. The normalized spacial score (nSPS) is 25.0. The Bertz CT molecular complexity index is 1610. The standard InChI is InChI=1S/C36H49N7O6/c1-8-28-20(2)42(7)30-19-37-36(40-34(30)43(28)23-11-9-10-12-23)39-26-14-13-25(24-15-16-47-33(24)26)35(46)38-27-17-32(49-22(4)45)29(41(5)6)18-31(27)48-21(3)44/h13-14,19,23,27-29,31-32H,2,8-12,15-18H2,1,3-7H3,(H,38,46)(H,37,39,40)/t27-,28-,29-,31-,32-/m1/s1. The fourth-order valence-corrected chi connectivity index (χ4v) is 8.05. The van der Waals surface area contributed by atoms with E-state index in [2.05, 4.69) is 38.9 Å². The van der Waals surface area contributed by atoms with Gasteiger partial charge in [0.1, 0.15) is 23.6 Å². The molecule has 2 aromatic rings. The number of carbonyl (C=O) groups excluding carboxylic acids is 3. The van der Waals surface area contributed by atoms with E-state index in [0.717, 1.165) is 42.0 Å². The Morgan fingerprint density at radius 1 is 1.08 bits per heavy atom. The molecule has 1 aromatic heterocycles. The van der Waals surface area contributed by atoms with Gasteiger partial charge < -0.3 is 39.5 Å². The molecule has 5 atom stereocenters. The van der Waals surface area contributed by atoms with E-state index in [-0.39, 0.29) is 18.0 Å². The van der Waals surface area contributed by atoms with Gasteiger partial charge in [-0.25, -0.2) is 4.98 Å². The lowest BCUT2D eigenvalue weighted by atomic mass is 9.85. The van der Waals surface area contributed by atoms with Crippen LogP contribution in [0.4, 0.5) is 23.1 Å². The number of nitrogens with one attached hydrogen (secondary N) is 2. The van der Waals surface area contributed by atoms with Crippen molar-refractivity contribution in [2.45, 2.75) is 109 Å². The summed E-state index contributed by atoms with van der Waals surface area (Å²) in [4.78, 5) is 54.1. The van der Waals surface area contributed by atoms with Crippen molar-refractivity contribution in [3.63, 3.8) is 0 Å². The van der Waals surface area contributed by atoms with Crippen molar-refractivity contribution < 1.29 is 28.6 Å². The molecule has 2 N–H and O–H groups in total. The molecule has 1 amide bonds. The maximum atomic E-state index is 13.9. The zero-order valence-electron chi connectivity index (χ0n) is 29.5. The third-order valence-electron chi connectivity index (χ3n) is 10.4. The summed E-state index contributed by atoms with van der Waals surface area (Å²) >= 11 is 0. The Morgan fingerprint density at radius 2 is 1.80 bits per heavy atom. The number of anilines is 4. The molecule has 13 heteroatoms. The van der Waals surface area contributed by atoms with Gasteiger partial charge in [0.25, 0.3) is 5.91 Å². The number of hydrogen-bond acceptors (Lipinski definition) is 12. The van der Waals surface area contributed by atoms with Crippen molar-refractivity contribution in [1.82, 2.24) is 20.2 Å². The average Bonchev–Trinajstić information content (AvgIpc) is 3.77. The molecule has 0 spiro atoms. The predicted octanol–water partition coefficient (Wildman–Crippen LogP) is 4.33. The van der Waals surface area contributed by atoms with Gasteiger partial charge >= 0.3 is 11.9 Å². The summed E-state index contributed by atoms with van der Waals surface area (Å²) in [7, 11) is 5.81. The number of carbonyl (C=O) groups is 3. The maximum Gasteiger partial charge on any atom is 0.302 e. The number of hydrogen-bond donors (Lipinski definition) is 2. The van der Waals surface area contributed by atoms with Crippen LogP contribution in [0.5, 0.6) is 5.75 Å². The first-order valence-corrected chi connectivity index (χ1v) is 17.4. The zero-order chi connectivity index (χ0) is 35.0. The van der Waals surface area contributed by atoms with E-state index in [4.69, 9.17) is 19.2 Å². The zero-order valence-corrected chi connectivity index (χ0v) is 29.5. The van der Waals surface area contributed by atoms with Gasteiger partial charge in [-0.3, -0.25) is 14.4 Å². The van der Waals surface area contributed by atoms with Crippen molar-refractivity contribution in [1.29, 1.82) is 0 Å². The number of aromatic nitrogens is 2. The van der Waals surface area contributed by atoms with E-state index >= 15 is 0 Å². The Hall–Kier alpha value is -4.39. The van der Waals surface area contributed by atoms with E-state index < -0.39 is 30.2 Å². The molecule has 1 aromatic carbocycles. The van der Waals surface area contributed by atoms with E-state index in [1.807, 2.05) is 38.3 Å². The Morgan fingerprint density at radius 3 is 2.47 bits per heavy atom. The number of rotatable bonds is 9. The van der Waals surface area contributed by atoms with Crippen LogP contribution < -0.4 is 25.2 Å². The molecule has 2 aliphatic heterocycles. The first kappa shape index (κ1) is 34.5. The molecule has 3 heterocycles. The van der Waals surface area contributed by atoms with Crippen LogP contribution in [-0.4, -0.2) is 96.8 Å². The Labute approximate surface area is 288 Å². The monoisotopic (exact) mass is 675 g/mol. The minimum Gasteiger partial charge on any atom is -0.491 e. The summed E-state index contributed by atoms with van der Waals surface area (Å²) in [5.41, 5.74) is 3.92. The fraction of sp³-hybridized carbons (Fsp3) is 0.583. The quantitative estimate of drug-likeness (QED) is 0.366. The van der Waals surface area contributed by atoms with Gasteiger partial charge in [-0.05, 0) is 45.5 Å². The van der Waals surface area contributed by atoms with Crippen LogP contribution in [0, 0.1) is 0 Å². The third-order valence-corrected chi connectivity index (χ3v) is 10.4. The minimum atomic E-state index is -0.584. The highest BCUT2D eigenvalue weighted by Crippen LogP contribution is 2.44. The number of likely N-dealkylation sites (N-methyl/N-ethyl adjacent to an activating group) is 2. The number of esters is 2. The molecule has 0 radical (unpaired) electrons. The molecule has 2 fully saturated rings. The van der Waals surface area contributed by atoms with Crippen molar-refractivity contribution in [3.05, 3.63) is 41.7 Å². The maximum absolute atomic E-state index is 13.9. The molecule has 0 unspecified atom stereocenters. The van der Waals surface area contributed by atoms with Gasteiger partial charge in [-0.1, -0.05) is 26.3 Å². The summed E-state index contributed by atoms with van der Waals surface area (Å²) in [6.07, 6.45) is 7.67. The largest absolute Gasteiger partial charge is 0.491 e. The molecule has 13 nitrogen and oxygen atoms in total. The second-order valence-electron chi connectivity index (χ2n) is 13.8. The first-order valence-electron chi connectivity index (χ1n) is 17.4. The van der Waals surface area contributed by atoms with Gasteiger partial charge in [0.15, 0.2) is 5.82 Å². The predicted molar refractivity (Wildman–Crippen MR) is 186 cm³/mol. The Balaban J connectivity index is 1.25. The van der Waals surface area contributed by atoms with Crippen LogP contribution in [0.3, 0.4) is 0 Å². The smallest absolute Gasteiger partial charge is 0.302 e. The topological polar surface area (TPSA) is 138 Å². The summed E-state index contributed by atoms with van der Waals surface area (Å²) in [6, 6.07) is 3.43. The fourth-order valence-electron chi connectivity index (χ4n) is 8.05. The molecule has 4 aliphatic rings. The molecular formula is C36H49N7O6. The summed E-state index contributed by atoms with van der Waals surface area (Å²) in [5, 5.41) is 6.47. The highest BCUT2D eigenvalue weighted by molar-refractivity contribution is 5.98. The third kappa shape index (κ3) is 6.90. The van der Waals surface area contributed by atoms with Crippen LogP contribution in [0.25, 0.3) is 0 Å². The second kappa shape index (κ2) is 14.2. The van der Waals surface area contributed by atoms with E-state index in [1.54, 1.807) is 6.07 Å². The van der Waals surface area contributed by atoms with Gasteiger partial charge in [0, 0.05) is 69.1 Å². The van der Waals surface area contributed by atoms with Gasteiger partial charge in [0.2, 0.25) is 5.95 Å². The number of benzene rings is 1.